The summed E-state index contributed by atoms with van der Waals surface area (Å²) in [6, 6.07) is 4.69. The van der Waals surface area contributed by atoms with Gasteiger partial charge in [0.05, 0.1) is 12.9 Å². The van der Waals surface area contributed by atoms with Crippen LogP contribution in [0.2, 0.25) is 0 Å². The first-order chi connectivity index (χ1) is 10.8. The van der Waals surface area contributed by atoms with Crippen molar-refractivity contribution in [3.63, 3.8) is 0 Å². The first-order valence-electron chi connectivity index (χ1n) is 8.36. The molecule has 0 amide bonds. The average molecular weight is 435 g/mol. The van der Waals surface area contributed by atoms with Crippen LogP contribution in [0.1, 0.15) is 44.8 Å². The van der Waals surface area contributed by atoms with Crippen molar-refractivity contribution in [2.45, 2.75) is 57.5 Å². The Balaban J connectivity index is 0.00000264. The maximum absolute atomic E-state index is 5.35. The van der Waals surface area contributed by atoms with Crippen LogP contribution in [0.3, 0.4) is 0 Å². The second-order valence-corrected chi connectivity index (χ2v) is 6.04. The van der Waals surface area contributed by atoms with Crippen LogP contribution in [0.25, 0.3) is 0 Å². The van der Waals surface area contributed by atoms with Gasteiger partial charge in [0.15, 0.2) is 5.96 Å². The molecule has 6 heteroatoms. The van der Waals surface area contributed by atoms with Gasteiger partial charge in [0.25, 0.3) is 0 Å². The number of rotatable bonds is 7. The van der Waals surface area contributed by atoms with Gasteiger partial charge in [0, 0.05) is 32.2 Å². The lowest BCUT2D eigenvalue weighted by Crippen LogP contribution is -2.48. The third-order valence-electron chi connectivity index (χ3n) is 3.95. The van der Waals surface area contributed by atoms with Gasteiger partial charge in [-0.25, -0.2) is 0 Å². The summed E-state index contributed by atoms with van der Waals surface area (Å²) in [4.78, 5) is 4.69. The molecule has 0 spiro atoms. The van der Waals surface area contributed by atoms with Crippen molar-refractivity contribution in [1.29, 1.82) is 0 Å². The highest BCUT2D eigenvalue weighted by Gasteiger charge is 2.15. The number of guanidine groups is 1. The second kappa shape index (κ2) is 11.7. The molecular weight excluding hydrogens is 405 g/mol. The minimum Gasteiger partial charge on any atom is -0.469 e. The molecule has 1 aliphatic carbocycles. The quantitative estimate of drug-likeness (QED) is 0.392. The predicted octanol–water partition coefficient (Wildman–Crippen LogP) is 3.34. The third-order valence-corrected chi connectivity index (χ3v) is 3.95. The Hall–Kier alpha value is -0.760. The van der Waals surface area contributed by atoms with Crippen LogP contribution < -0.4 is 10.6 Å². The molecule has 0 radical (unpaired) electrons. The normalized spacial score (nSPS) is 17.4. The molecule has 1 fully saturated rings. The number of aliphatic imine (C=N–C) groups is 1. The summed E-state index contributed by atoms with van der Waals surface area (Å²) in [6.45, 7) is 3.49. The van der Waals surface area contributed by atoms with Crippen molar-refractivity contribution in [3.8, 4) is 0 Å². The number of methoxy groups -OCH3 is 1. The van der Waals surface area contributed by atoms with E-state index in [1.54, 1.807) is 13.4 Å². The lowest BCUT2D eigenvalue weighted by molar-refractivity contribution is 0.178. The summed E-state index contributed by atoms with van der Waals surface area (Å²) < 4.78 is 10.6. The predicted molar refractivity (Wildman–Crippen MR) is 105 cm³/mol. The summed E-state index contributed by atoms with van der Waals surface area (Å²) in [6.07, 6.45) is 8.98. The third kappa shape index (κ3) is 8.06. The van der Waals surface area contributed by atoms with Crippen molar-refractivity contribution >= 4 is 29.9 Å². The molecule has 23 heavy (non-hydrogen) atoms. The van der Waals surface area contributed by atoms with E-state index in [0.717, 1.165) is 24.7 Å². The van der Waals surface area contributed by atoms with E-state index < -0.39 is 0 Å². The Kier molecular flexibility index (Phi) is 10.3. The molecule has 132 valence electrons. The SMILES string of the molecule is COCC(C)NC(=NCCc1ccco1)NC1CCCCC1.I. The van der Waals surface area contributed by atoms with Crippen LogP contribution in [0, 0.1) is 0 Å². The Labute approximate surface area is 156 Å². The Morgan fingerprint density at radius 1 is 1.39 bits per heavy atom. The van der Waals surface area contributed by atoms with Gasteiger partial charge in [0.2, 0.25) is 0 Å². The lowest BCUT2D eigenvalue weighted by Gasteiger charge is -2.26. The van der Waals surface area contributed by atoms with E-state index in [2.05, 4.69) is 17.6 Å². The fourth-order valence-electron chi connectivity index (χ4n) is 2.83. The standard InChI is InChI=1S/C17H29N3O2.HI/c1-14(13-21-2)19-17(20-15-7-4-3-5-8-15)18-11-10-16-9-6-12-22-16;/h6,9,12,14-15H,3-5,7-8,10-11,13H2,1-2H3,(H2,18,19,20);1H. The fraction of sp³-hybridized carbons (Fsp3) is 0.706. The summed E-state index contributed by atoms with van der Waals surface area (Å²) >= 11 is 0. The van der Waals surface area contributed by atoms with E-state index in [1.807, 2.05) is 12.1 Å². The number of halogens is 1. The van der Waals surface area contributed by atoms with Crippen LogP contribution >= 0.6 is 24.0 Å². The van der Waals surface area contributed by atoms with Crippen molar-refractivity contribution < 1.29 is 9.15 Å². The van der Waals surface area contributed by atoms with Crippen molar-refractivity contribution in [2.24, 2.45) is 4.99 Å². The number of nitrogens with one attached hydrogen (secondary N) is 2. The van der Waals surface area contributed by atoms with Gasteiger partial charge in [-0.1, -0.05) is 19.3 Å². The number of ether oxygens (including phenoxy) is 1. The van der Waals surface area contributed by atoms with E-state index in [4.69, 9.17) is 14.1 Å². The first kappa shape index (κ1) is 20.3. The first-order valence-corrected chi connectivity index (χ1v) is 8.36. The molecule has 2 rings (SSSR count). The zero-order chi connectivity index (χ0) is 15.6. The highest BCUT2D eigenvalue weighted by molar-refractivity contribution is 14.0. The van der Waals surface area contributed by atoms with E-state index in [-0.39, 0.29) is 30.0 Å². The van der Waals surface area contributed by atoms with Crippen LogP contribution in [0.5, 0.6) is 0 Å². The van der Waals surface area contributed by atoms with Crippen LogP contribution in [0.15, 0.2) is 27.8 Å². The topological polar surface area (TPSA) is 58.8 Å². The number of hydrogen-bond acceptors (Lipinski definition) is 3. The largest absolute Gasteiger partial charge is 0.469 e. The maximum Gasteiger partial charge on any atom is 0.191 e. The molecule has 0 aliphatic heterocycles. The number of furan rings is 1. The Bertz CT molecular complexity index is 431. The molecule has 1 saturated carbocycles. The van der Waals surface area contributed by atoms with E-state index in [1.165, 1.54) is 32.1 Å². The smallest absolute Gasteiger partial charge is 0.191 e. The fourth-order valence-corrected chi connectivity index (χ4v) is 2.83. The molecule has 1 heterocycles. The number of hydrogen-bond donors (Lipinski definition) is 2. The lowest BCUT2D eigenvalue weighted by atomic mass is 9.96. The summed E-state index contributed by atoms with van der Waals surface area (Å²) in [7, 11) is 1.72. The highest BCUT2D eigenvalue weighted by atomic mass is 127. The molecule has 1 atom stereocenters. The van der Waals surface area contributed by atoms with Gasteiger partial charge in [-0.15, -0.1) is 24.0 Å². The van der Waals surface area contributed by atoms with Crippen LogP contribution in [0.4, 0.5) is 0 Å². The Morgan fingerprint density at radius 3 is 2.83 bits per heavy atom. The molecule has 0 aromatic carbocycles. The van der Waals surface area contributed by atoms with E-state index in [9.17, 15) is 0 Å². The summed E-state index contributed by atoms with van der Waals surface area (Å²) in [5, 5.41) is 7.01. The zero-order valence-corrected chi connectivity index (χ0v) is 16.5. The van der Waals surface area contributed by atoms with Gasteiger partial charge >= 0.3 is 0 Å². The molecule has 5 nitrogen and oxygen atoms in total. The molecule has 2 N–H and O–H groups in total. The van der Waals surface area contributed by atoms with Crippen molar-refractivity contribution in [3.05, 3.63) is 24.2 Å². The maximum atomic E-state index is 5.35. The van der Waals surface area contributed by atoms with Crippen LogP contribution in [-0.2, 0) is 11.2 Å². The zero-order valence-electron chi connectivity index (χ0n) is 14.2. The van der Waals surface area contributed by atoms with Crippen molar-refractivity contribution in [1.82, 2.24) is 10.6 Å². The average Bonchev–Trinajstić information content (AvgIpc) is 3.02. The summed E-state index contributed by atoms with van der Waals surface area (Å²) in [5.74, 6) is 1.87. The van der Waals surface area contributed by atoms with E-state index >= 15 is 0 Å². The van der Waals surface area contributed by atoms with Gasteiger partial charge < -0.3 is 19.8 Å². The summed E-state index contributed by atoms with van der Waals surface area (Å²) in [5.41, 5.74) is 0. The minimum atomic E-state index is 0. The molecule has 0 bridgehead atoms. The van der Waals surface area contributed by atoms with Crippen LogP contribution in [-0.4, -0.2) is 38.3 Å². The molecule has 1 aromatic rings. The number of nitrogens with zero attached hydrogens (tertiary/aromatic N) is 1. The molecule has 1 aromatic heterocycles. The van der Waals surface area contributed by atoms with Gasteiger partial charge in [0.1, 0.15) is 5.76 Å². The molecular formula is C17H30IN3O2. The van der Waals surface area contributed by atoms with Gasteiger partial charge in [-0.2, -0.15) is 0 Å². The highest BCUT2D eigenvalue weighted by Crippen LogP contribution is 2.17. The molecule has 1 unspecified atom stereocenters. The minimum absolute atomic E-state index is 0. The van der Waals surface area contributed by atoms with Gasteiger partial charge in [-0.05, 0) is 31.9 Å². The Morgan fingerprint density at radius 2 is 2.17 bits per heavy atom. The van der Waals surface area contributed by atoms with E-state index in [0.29, 0.717) is 12.6 Å². The molecule has 1 aliphatic rings. The van der Waals surface area contributed by atoms with Crippen molar-refractivity contribution in [2.75, 3.05) is 20.3 Å². The second-order valence-electron chi connectivity index (χ2n) is 6.04. The molecule has 0 saturated heterocycles. The monoisotopic (exact) mass is 435 g/mol. The van der Waals surface area contributed by atoms with Gasteiger partial charge in [-0.3, -0.25) is 4.99 Å².